The fraction of sp³-hybridized carbons (Fsp3) is 0.211. The molecule has 2 rings (SSSR count). The van der Waals surface area contributed by atoms with E-state index in [4.69, 9.17) is 0 Å². The first-order chi connectivity index (χ1) is 11.5. The van der Waals surface area contributed by atoms with Gasteiger partial charge in [-0.25, -0.2) is 0 Å². The molecule has 0 bridgehead atoms. The zero-order valence-electron chi connectivity index (χ0n) is 13.8. The molecule has 0 amide bonds. The van der Waals surface area contributed by atoms with Crippen LogP contribution in [0.1, 0.15) is 29.8 Å². The minimum absolute atomic E-state index is 0.0254. The van der Waals surface area contributed by atoms with Crippen LogP contribution in [0.4, 0.5) is 11.4 Å². The highest BCUT2D eigenvalue weighted by Gasteiger charge is 2.07. The Morgan fingerprint density at radius 1 is 1.04 bits per heavy atom. The first kappa shape index (κ1) is 17.4. The second kappa shape index (κ2) is 8.06. The van der Waals surface area contributed by atoms with Crippen molar-refractivity contribution in [2.45, 2.75) is 13.8 Å². The molecule has 0 saturated heterocycles. The Kier molecular flexibility index (Phi) is 5.84. The zero-order valence-corrected chi connectivity index (χ0v) is 13.8. The van der Waals surface area contributed by atoms with Crippen LogP contribution in [-0.2, 0) is 0 Å². The van der Waals surface area contributed by atoms with Gasteiger partial charge in [-0.1, -0.05) is 18.2 Å². The molecule has 0 aliphatic carbocycles. The van der Waals surface area contributed by atoms with Crippen LogP contribution in [-0.4, -0.2) is 23.8 Å². The van der Waals surface area contributed by atoms with Gasteiger partial charge in [-0.15, -0.1) is 0 Å². The summed E-state index contributed by atoms with van der Waals surface area (Å²) in [6, 6.07) is 13.6. The van der Waals surface area contributed by atoms with Crippen LogP contribution in [0.2, 0.25) is 0 Å². The molecule has 0 radical (unpaired) electrons. The Hall–Kier alpha value is -2.95. The summed E-state index contributed by atoms with van der Waals surface area (Å²) in [4.78, 5) is 24.5. The number of rotatable bonds is 7. The number of carbonyl (C=O) groups excluding carboxylic acids is 1. The summed E-state index contributed by atoms with van der Waals surface area (Å²) in [6.07, 6.45) is 3.23. The maximum Gasteiger partial charge on any atom is 0.269 e. The van der Waals surface area contributed by atoms with Gasteiger partial charge in [-0.05, 0) is 49.8 Å². The lowest BCUT2D eigenvalue weighted by molar-refractivity contribution is -0.384. The van der Waals surface area contributed by atoms with Gasteiger partial charge in [0.1, 0.15) is 0 Å². The fourth-order valence-electron chi connectivity index (χ4n) is 2.40. The third-order valence-electron chi connectivity index (χ3n) is 3.81. The SMILES string of the molecule is CCN(CC)c1ccc(/C=C/C(=O)c2ccc([N+](=O)[O-])cc2)cc1. The number of nitro benzene ring substituents is 1. The number of nitro groups is 1. The summed E-state index contributed by atoms with van der Waals surface area (Å²) in [5.41, 5.74) is 2.49. The lowest BCUT2D eigenvalue weighted by Gasteiger charge is -2.20. The summed E-state index contributed by atoms with van der Waals surface area (Å²) >= 11 is 0. The van der Waals surface area contributed by atoms with E-state index in [0.29, 0.717) is 5.56 Å². The second-order valence-electron chi connectivity index (χ2n) is 5.27. The molecule has 0 fully saturated rings. The number of anilines is 1. The Morgan fingerprint density at radius 3 is 2.12 bits per heavy atom. The van der Waals surface area contributed by atoms with E-state index in [0.717, 1.165) is 24.3 Å². The van der Waals surface area contributed by atoms with E-state index in [1.807, 2.05) is 24.3 Å². The molecule has 0 spiro atoms. The van der Waals surface area contributed by atoms with Gasteiger partial charge in [0.25, 0.3) is 5.69 Å². The molecular weight excluding hydrogens is 304 g/mol. The smallest absolute Gasteiger partial charge is 0.269 e. The number of carbonyl (C=O) groups is 1. The number of non-ortho nitro benzene ring substituents is 1. The van der Waals surface area contributed by atoms with Crippen molar-refractivity contribution in [3.63, 3.8) is 0 Å². The molecule has 0 saturated carbocycles. The summed E-state index contributed by atoms with van der Waals surface area (Å²) in [6.45, 7) is 6.12. The highest BCUT2D eigenvalue weighted by Crippen LogP contribution is 2.16. The van der Waals surface area contributed by atoms with Crippen molar-refractivity contribution in [2.75, 3.05) is 18.0 Å². The monoisotopic (exact) mass is 324 g/mol. The van der Waals surface area contributed by atoms with Crippen LogP contribution in [0.3, 0.4) is 0 Å². The number of allylic oxidation sites excluding steroid dienone is 1. The minimum atomic E-state index is -0.485. The van der Waals surface area contributed by atoms with E-state index in [1.54, 1.807) is 6.08 Å². The lowest BCUT2D eigenvalue weighted by Crippen LogP contribution is -2.21. The van der Waals surface area contributed by atoms with Crippen LogP contribution < -0.4 is 4.90 Å². The fourth-order valence-corrected chi connectivity index (χ4v) is 2.40. The summed E-state index contributed by atoms with van der Waals surface area (Å²) in [7, 11) is 0. The van der Waals surface area contributed by atoms with Gasteiger partial charge in [-0.2, -0.15) is 0 Å². The predicted octanol–water partition coefficient (Wildman–Crippen LogP) is 4.34. The molecule has 0 aliphatic rings. The van der Waals surface area contributed by atoms with Gasteiger partial charge >= 0.3 is 0 Å². The maximum atomic E-state index is 12.1. The molecule has 2 aromatic rings. The molecular formula is C19H20N2O3. The topological polar surface area (TPSA) is 63.5 Å². The maximum absolute atomic E-state index is 12.1. The van der Waals surface area contributed by atoms with E-state index in [1.165, 1.54) is 30.3 Å². The first-order valence-corrected chi connectivity index (χ1v) is 7.87. The van der Waals surface area contributed by atoms with Crippen molar-refractivity contribution < 1.29 is 9.72 Å². The van der Waals surface area contributed by atoms with E-state index in [9.17, 15) is 14.9 Å². The average Bonchev–Trinajstić information content (AvgIpc) is 2.62. The first-order valence-electron chi connectivity index (χ1n) is 7.87. The molecule has 5 heteroatoms. The molecule has 0 heterocycles. The van der Waals surface area contributed by atoms with Crippen molar-refractivity contribution in [1.29, 1.82) is 0 Å². The number of nitrogens with zero attached hydrogens (tertiary/aromatic N) is 2. The third-order valence-corrected chi connectivity index (χ3v) is 3.81. The molecule has 0 unspecified atom stereocenters. The van der Waals surface area contributed by atoms with Crippen molar-refractivity contribution in [3.8, 4) is 0 Å². The summed E-state index contributed by atoms with van der Waals surface area (Å²) in [5.74, 6) is -0.183. The molecule has 0 aliphatic heterocycles. The van der Waals surface area contributed by atoms with Crippen LogP contribution in [0.15, 0.2) is 54.6 Å². The highest BCUT2D eigenvalue weighted by molar-refractivity contribution is 6.06. The third kappa shape index (κ3) is 4.29. The average molecular weight is 324 g/mol. The van der Waals surface area contributed by atoms with Gasteiger partial charge in [0, 0.05) is 36.5 Å². The number of benzene rings is 2. The van der Waals surface area contributed by atoms with E-state index in [-0.39, 0.29) is 11.5 Å². The van der Waals surface area contributed by atoms with Gasteiger partial charge in [0.05, 0.1) is 4.92 Å². The van der Waals surface area contributed by atoms with Gasteiger partial charge < -0.3 is 4.90 Å². The highest BCUT2D eigenvalue weighted by atomic mass is 16.6. The molecule has 5 nitrogen and oxygen atoms in total. The molecule has 0 N–H and O–H groups in total. The van der Waals surface area contributed by atoms with Crippen LogP contribution in [0.5, 0.6) is 0 Å². The van der Waals surface area contributed by atoms with Gasteiger partial charge in [0.15, 0.2) is 5.78 Å². The predicted molar refractivity (Wildman–Crippen MR) is 96.5 cm³/mol. The molecule has 124 valence electrons. The molecule has 2 aromatic carbocycles. The number of hydrogen-bond donors (Lipinski definition) is 0. The molecule has 0 aromatic heterocycles. The quantitative estimate of drug-likeness (QED) is 0.329. The Bertz CT molecular complexity index is 730. The Morgan fingerprint density at radius 2 is 1.62 bits per heavy atom. The van der Waals surface area contributed by atoms with Crippen LogP contribution in [0.25, 0.3) is 6.08 Å². The van der Waals surface area contributed by atoms with Crippen LogP contribution >= 0.6 is 0 Å². The lowest BCUT2D eigenvalue weighted by atomic mass is 10.1. The van der Waals surface area contributed by atoms with Crippen LogP contribution in [0, 0.1) is 10.1 Å². The second-order valence-corrected chi connectivity index (χ2v) is 5.27. The van der Waals surface area contributed by atoms with E-state index >= 15 is 0 Å². The minimum Gasteiger partial charge on any atom is -0.372 e. The summed E-state index contributed by atoms with van der Waals surface area (Å²) < 4.78 is 0. The van der Waals surface area contributed by atoms with Crippen molar-refractivity contribution in [1.82, 2.24) is 0 Å². The largest absolute Gasteiger partial charge is 0.372 e. The molecule has 24 heavy (non-hydrogen) atoms. The van der Waals surface area contributed by atoms with Crippen molar-refractivity contribution in [2.24, 2.45) is 0 Å². The van der Waals surface area contributed by atoms with E-state index < -0.39 is 4.92 Å². The zero-order chi connectivity index (χ0) is 17.5. The number of ketones is 1. The summed E-state index contributed by atoms with van der Waals surface area (Å²) in [5, 5.41) is 10.6. The normalized spacial score (nSPS) is 10.8. The Labute approximate surface area is 141 Å². The molecule has 0 atom stereocenters. The van der Waals surface area contributed by atoms with Gasteiger partial charge in [0.2, 0.25) is 0 Å². The standard InChI is InChI=1S/C19H20N2O3/c1-3-20(4-2)17-10-5-15(6-11-17)7-14-19(22)16-8-12-18(13-9-16)21(23)24/h5-14H,3-4H2,1-2H3/b14-7+. The van der Waals surface area contributed by atoms with Crippen molar-refractivity contribution in [3.05, 3.63) is 75.8 Å². The Balaban J connectivity index is 2.07. The van der Waals surface area contributed by atoms with E-state index in [2.05, 4.69) is 18.7 Å². The number of hydrogen-bond acceptors (Lipinski definition) is 4. The van der Waals surface area contributed by atoms with Gasteiger partial charge in [-0.3, -0.25) is 14.9 Å². The van der Waals surface area contributed by atoms with Crippen molar-refractivity contribution >= 4 is 23.2 Å².